The molecule has 0 unspecified atom stereocenters. The fraction of sp³-hybridized carbons (Fsp3) is 0.711. The van der Waals surface area contributed by atoms with Crippen molar-refractivity contribution in [1.82, 2.24) is 9.13 Å². The van der Waals surface area contributed by atoms with Crippen molar-refractivity contribution in [2.75, 3.05) is 13.1 Å². The van der Waals surface area contributed by atoms with E-state index in [-0.39, 0.29) is 0 Å². The zero-order valence-corrected chi connectivity index (χ0v) is 29.1. The van der Waals surface area contributed by atoms with Gasteiger partial charge in [-0.2, -0.15) is 5.26 Å². The minimum Gasteiger partial charge on any atom is -0.354 e. The van der Waals surface area contributed by atoms with E-state index in [0.29, 0.717) is 0 Å². The van der Waals surface area contributed by atoms with Crippen LogP contribution in [0.2, 0.25) is 0 Å². The largest absolute Gasteiger partial charge is 0.354 e. The van der Waals surface area contributed by atoms with Crippen molar-refractivity contribution in [3.05, 3.63) is 59.8 Å². The summed E-state index contributed by atoms with van der Waals surface area (Å²) in [5, 5.41) is 9.56. The van der Waals surface area contributed by atoms with Crippen LogP contribution in [0.5, 0.6) is 0 Å². The summed E-state index contributed by atoms with van der Waals surface area (Å²) in [7, 11) is 0. The molecule has 2 aromatic rings. The van der Waals surface area contributed by atoms with Gasteiger partial charge in [0.25, 0.3) is 0 Å². The fourth-order valence-corrected chi connectivity index (χ4v) is 5.26. The lowest BCUT2D eigenvalue weighted by Crippen LogP contribution is -2.06. The van der Waals surface area contributed by atoms with Crippen LogP contribution in [0.3, 0.4) is 0 Å². The minimum atomic E-state index is -0.690. The lowest BCUT2D eigenvalue weighted by Gasteiger charge is -2.07. The maximum absolute atomic E-state index is 9.34. The summed E-state index contributed by atoms with van der Waals surface area (Å²) in [6.07, 6.45) is 35.5. The summed E-state index contributed by atoms with van der Waals surface area (Å²) in [6, 6.07) is 8.71. The number of carbonyl (C=O) groups excluding carboxylic acids is 1. The predicted molar refractivity (Wildman–Crippen MR) is 188 cm³/mol. The van der Waals surface area contributed by atoms with Crippen molar-refractivity contribution in [3.8, 4) is 0 Å². The van der Waals surface area contributed by atoms with Crippen LogP contribution in [-0.2, 0) is 22.8 Å². The second kappa shape index (κ2) is 30.0. The van der Waals surface area contributed by atoms with E-state index in [4.69, 9.17) is 15.2 Å². The molecule has 7 nitrogen and oxygen atoms in total. The van der Waals surface area contributed by atoms with E-state index in [1.165, 1.54) is 128 Å². The number of rotatable bonds is 25. The number of unbranched alkanes of at least 4 members (excludes halogenated alkanes) is 17. The summed E-state index contributed by atoms with van der Waals surface area (Å²) in [5.41, 5.74) is 0. The maximum Gasteiger partial charge on any atom is 0.339 e. The van der Waals surface area contributed by atoms with Crippen molar-refractivity contribution in [1.29, 1.82) is 0 Å². The van der Waals surface area contributed by atoms with Crippen LogP contribution < -0.4 is 10.7 Å². The summed E-state index contributed by atoms with van der Waals surface area (Å²) >= 11 is 0. The maximum atomic E-state index is 9.34. The standard InChI is InChI=1S/C36H62N4.C2H4O3/c1-3-5-7-9-15-19-27-37-35-23-31-39(32-24-35)29-21-17-13-11-12-14-18-22-30-40-33-25-36(26-34-40)38-28-20-16-10-8-6-4-2;1-2(3)5-4/h23-26,31-34H,3-22,27-30H2,1-2H3;4H,1H3. The van der Waals surface area contributed by atoms with Gasteiger partial charge in [-0.15, -0.1) is 0 Å². The van der Waals surface area contributed by atoms with Gasteiger partial charge in [-0.1, -0.05) is 117 Å². The van der Waals surface area contributed by atoms with E-state index in [0.717, 1.165) is 43.8 Å². The number of hydrogen-bond donors (Lipinski definition) is 1. The molecule has 0 aliphatic rings. The van der Waals surface area contributed by atoms with Crippen LogP contribution in [-0.4, -0.2) is 33.5 Å². The molecule has 0 atom stereocenters. The molecular formula is C38H66N4O3. The van der Waals surface area contributed by atoms with Gasteiger partial charge in [0.15, 0.2) is 0 Å². The monoisotopic (exact) mass is 627 g/mol. The van der Waals surface area contributed by atoms with Crippen LogP contribution >= 0.6 is 0 Å². The molecule has 0 amide bonds. The molecule has 2 aromatic heterocycles. The van der Waals surface area contributed by atoms with Gasteiger partial charge in [-0.25, -0.2) is 4.79 Å². The van der Waals surface area contributed by atoms with Crippen LogP contribution in [0.4, 0.5) is 0 Å². The van der Waals surface area contributed by atoms with Crippen molar-refractivity contribution in [2.24, 2.45) is 9.98 Å². The number of nitrogens with zero attached hydrogens (tertiary/aromatic N) is 4. The van der Waals surface area contributed by atoms with Gasteiger partial charge in [0, 0.05) is 57.9 Å². The lowest BCUT2D eigenvalue weighted by atomic mass is 10.1. The normalized spacial score (nSPS) is 10.7. The second-order valence-electron chi connectivity index (χ2n) is 12.3. The highest BCUT2D eigenvalue weighted by molar-refractivity contribution is 5.64. The molecule has 1 N–H and O–H groups in total. The number of aromatic nitrogens is 2. The smallest absolute Gasteiger partial charge is 0.339 e. The van der Waals surface area contributed by atoms with Gasteiger partial charge in [0.2, 0.25) is 0 Å². The molecule has 0 saturated carbocycles. The van der Waals surface area contributed by atoms with Gasteiger partial charge >= 0.3 is 5.97 Å². The summed E-state index contributed by atoms with van der Waals surface area (Å²) in [6.45, 7) is 9.85. The molecule has 0 aromatic carbocycles. The summed E-state index contributed by atoms with van der Waals surface area (Å²) in [5.74, 6) is -0.690. The van der Waals surface area contributed by atoms with Crippen LogP contribution in [0.1, 0.15) is 149 Å². The zero-order valence-electron chi connectivity index (χ0n) is 29.1. The van der Waals surface area contributed by atoms with Crippen molar-refractivity contribution in [3.63, 3.8) is 0 Å². The molecule has 45 heavy (non-hydrogen) atoms. The Morgan fingerprint density at radius 1 is 0.556 bits per heavy atom. The Kier molecular flexibility index (Phi) is 26.9. The van der Waals surface area contributed by atoms with Gasteiger partial charge < -0.3 is 14.0 Å². The Bertz CT molecular complexity index is 972. The van der Waals surface area contributed by atoms with Crippen molar-refractivity contribution >= 4 is 5.97 Å². The molecule has 2 heterocycles. The van der Waals surface area contributed by atoms with Crippen LogP contribution in [0.15, 0.2) is 59.0 Å². The Morgan fingerprint density at radius 2 is 0.844 bits per heavy atom. The SMILES string of the molecule is CC(=O)OO.CCCCCCCCN=c1ccn(CCCCCCCCCCn2ccc(=NCCCCCCCC)cc2)cc1. The molecule has 256 valence electrons. The van der Waals surface area contributed by atoms with E-state index in [1.807, 2.05) is 0 Å². The average molecular weight is 627 g/mol. The third-order valence-electron chi connectivity index (χ3n) is 8.07. The molecule has 2 rings (SSSR count). The van der Waals surface area contributed by atoms with Crippen molar-refractivity contribution < 1.29 is 14.9 Å². The molecule has 0 fully saturated rings. The third-order valence-corrected chi connectivity index (χ3v) is 8.07. The van der Waals surface area contributed by atoms with Gasteiger partial charge in [-0.05, 0) is 49.9 Å². The van der Waals surface area contributed by atoms with E-state index in [2.05, 4.69) is 76.9 Å². The van der Waals surface area contributed by atoms with Crippen LogP contribution in [0, 0.1) is 0 Å². The Labute approximate surface area is 274 Å². The highest BCUT2D eigenvalue weighted by Crippen LogP contribution is 2.10. The van der Waals surface area contributed by atoms with E-state index >= 15 is 0 Å². The number of aryl methyl sites for hydroxylation is 2. The zero-order chi connectivity index (χ0) is 32.6. The fourth-order valence-electron chi connectivity index (χ4n) is 5.26. The first-order valence-corrected chi connectivity index (χ1v) is 18.2. The lowest BCUT2D eigenvalue weighted by molar-refractivity contribution is -0.231. The predicted octanol–water partition coefficient (Wildman–Crippen LogP) is 9.66. The molecule has 0 saturated heterocycles. The molecule has 0 bridgehead atoms. The molecule has 7 heteroatoms. The Hall–Kier alpha value is -2.67. The van der Waals surface area contributed by atoms with Crippen molar-refractivity contribution in [2.45, 2.75) is 162 Å². The first-order chi connectivity index (χ1) is 22.1. The van der Waals surface area contributed by atoms with Gasteiger partial charge in [0.1, 0.15) is 0 Å². The summed E-state index contributed by atoms with van der Waals surface area (Å²) in [4.78, 5) is 21.9. The van der Waals surface area contributed by atoms with Gasteiger partial charge in [-0.3, -0.25) is 9.98 Å². The Balaban J connectivity index is 0.00000187. The molecule has 0 aliphatic heterocycles. The molecule has 0 radical (unpaired) electrons. The quantitative estimate of drug-likeness (QED) is 0.0677. The van der Waals surface area contributed by atoms with Crippen LogP contribution in [0.25, 0.3) is 0 Å². The van der Waals surface area contributed by atoms with E-state index in [1.54, 1.807) is 0 Å². The average Bonchev–Trinajstić information content (AvgIpc) is 3.06. The summed E-state index contributed by atoms with van der Waals surface area (Å²) < 4.78 is 4.63. The second-order valence-corrected chi connectivity index (χ2v) is 12.3. The molecular weight excluding hydrogens is 560 g/mol. The molecule has 0 aliphatic carbocycles. The molecule has 0 spiro atoms. The topological polar surface area (TPSA) is 81.1 Å². The number of carbonyl (C=O) groups is 1. The minimum absolute atomic E-state index is 0.690. The van der Waals surface area contributed by atoms with E-state index < -0.39 is 5.97 Å². The van der Waals surface area contributed by atoms with Gasteiger partial charge in [0.05, 0.1) is 10.7 Å². The first kappa shape index (κ1) is 40.4. The van der Waals surface area contributed by atoms with E-state index in [9.17, 15) is 4.79 Å². The third kappa shape index (κ3) is 25.2. The highest BCUT2D eigenvalue weighted by Gasteiger charge is 1.96. The number of hydrogen-bond acceptors (Lipinski definition) is 5. The first-order valence-electron chi connectivity index (χ1n) is 18.2. The highest BCUT2D eigenvalue weighted by atomic mass is 17.1. The Morgan fingerprint density at radius 3 is 1.16 bits per heavy atom. The number of pyridine rings is 2.